The maximum absolute atomic E-state index is 13.5. The van der Waals surface area contributed by atoms with Crippen molar-refractivity contribution in [3.8, 4) is 5.75 Å². The molecule has 4 heterocycles. The van der Waals surface area contributed by atoms with Crippen LogP contribution in [0.15, 0.2) is 104 Å². The molecule has 3 N–H and O–H groups in total. The number of phenolic OH excluding ortho intramolecular Hbond substituents is 1. The van der Waals surface area contributed by atoms with Gasteiger partial charge in [0.2, 0.25) is 11.8 Å². The lowest BCUT2D eigenvalue weighted by Gasteiger charge is -2.36. The standard InChI is InChI=1S/C46H47N5O4.C2H6/c1-28-8-17-42(45(54)47-28)51-29(2)40-23-33-25-49(26-34(33)24-41(40)46(51)55)27-43(53)48-35-18-20-50(21-19-35)36-12-9-31(10-13-36)44-38(30-6-4-3-5-7-30)15-11-32-22-37(52)14-16-39(32)44;1-2/h3-7,9-10,12-14,16,22-24,35,38,42,44,52H,1-2,8,11,15,17-21,25-27H2,(H,47,54)(H,48,53);1-2H3/t38-,42?,44+;/m1./s1. The highest BCUT2D eigenvalue weighted by molar-refractivity contribution is 6.11. The van der Waals surface area contributed by atoms with E-state index in [2.05, 4.69) is 94.3 Å². The molecule has 5 aliphatic rings. The Labute approximate surface area is 336 Å². The fraction of sp³-hybridized carbons (Fsp3) is 0.354. The van der Waals surface area contributed by atoms with Crippen molar-refractivity contribution in [2.24, 2.45) is 0 Å². The lowest BCUT2D eigenvalue weighted by Crippen LogP contribution is -2.49. The summed E-state index contributed by atoms with van der Waals surface area (Å²) in [4.78, 5) is 45.5. The Morgan fingerprint density at radius 2 is 1.51 bits per heavy atom. The van der Waals surface area contributed by atoms with Crippen LogP contribution in [-0.4, -0.2) is 64.3 Å². The van der Waals surface area contributed by atoms with Gasteiger partial charge in [0, 0.05) is 66.3 Å². The third-order valence-corrected chi connectivity index (χ3v) is 12.5. The predicted octanol–water partition coefficient (Wildman–Crippen LogP) is 7.60. The Hall–Kier alpha value is -5.67. The van der Waals surface area contributed by atoms with Crippen LogP contribution in [0.5, 0.6) is 5.75 Å². The minimum Gasteiger partial charge on any atom is -0.508 e. The fourth-order valence-corrected chi connectivity index (χ4v) is 9.70. The van der Waals surface area contributed by atoms with E-state index >= 15 is 0 Å². The number of carbonyl (C=O) groups is 3. The van der Waals surface area contributed by atoms with Gasteiger partial charge in [0.05, 0.1) is 6.54 Å². The summed E-state index contributed by atoms with van der Waals surface area (Å²) in [5.41, 5.74) is 11.1. The SMILES string of the molecule is C=C1CCC(N2C(=C)c3cc4c(cc3C2=O)CN(CC(=O)NC2CCN(c3ccc([C@@H]5c6ccc(O)cc6CC[C@@H]5c5ccccc5)cc3)CC2)C4)C(=O)N1.CC. The summed E-state index contributed by atoms with van der Waals surface area (Å²) in [7, 11) is 0. The van der Waals surface area contributed by atoms with Crippen molar-refractivity contribution in [1.82, 2.24) is 20.4 Å². The second-order valence-corrected chi connectivity index (χ2v) is 15.9. The van der Waals surface area contributed by atoms with E-state index in [1.807, 2.05) is 38.1 Å². The molecule has 294 valence electrons. The number of anilines is 1. The molecular weight excluding hydrogens is 711 g/mol. The maximum Gasteiger partial charge on any atom is 0.259 e. The summed E-state index contributed by atoms with van der Waals surface area (Å²) < 4.78 is 0. The van der Waals surface area contributed by atoms with E-state index in [1.165, 1.54) is 27.9 Å². The highest BCUT2D eigenvalue weighted by atomic mass is 16.3. The first kappa shape index (κ1) is 38.2. The van der Waals surface area contributed by atoms with E-state index in [9.17, 15) is 19.5 Å². The second-order valence-electron chi connectivity index (χ2n) is 15.9. The van der Waals surface area contributed by atoms with Gasteiger partial charge in [-0.2, -0.15) is 0 Å². The quantitative estimate of drug-likeness (QED) is 0.179. The molecule has 0 bridgehead atoms. The van der Waals surface area contributed by atoms with Crippen molar-refractivity contribution in [1.29, 1.82) is 0 Å². The van der Waals surface area contributed by atoms with Crippen LogP contribution in [0.4, 0.5) is 5.69 Å². The first-order valence-electron chi connectivity index (χ1n) is 20.6. The highest BCUT2D eigenvalue weighted by Gasteiger charge is 2.42. The van der Waals surface area contributed by atoms with Gasteiger partial charge in [-0.15, -0.1) is 0 Å². The van der Waals surface area contributed by atoms with Gasteiger partial charge in [-0.05, 0) is 114 Å². The molecule has 9 nitrogen and oxygen atoms in total. The lowest BCUT2D eigenvalue weighted by atomic mass is 9.69. The number of hydrogen-bond donors (Lipinski definition) is 3. The first-order chi connectivity index (χ1) is 27.7. The van der Waals surface area contributed by atoms with Crippen molar-refractivity contribution in [2.45, 2.75) is 89.4 Å². The molecule has 57 heavy (non-hydrogen) atoms. The van der Waals surface area contributed by atoms with Crippen LogP contribution in [0.1, 0.15) is 107 Å². The molecule has 0 aromatic heterocycles. The molecule has 0 radical (unpaired) electrons. The third-order valence-electron chi connectivity index (χ3n) is 12.5. The summed E-state index contributed by atoms with van der Waals surface area (Å²) in [6, 6.07) is 29.2. The van der Waals surface area contributed by atoms with Gasteiger partial charge in [0.15, 0.2) is 0 Å². The average molecular weight is 764 g/mol. The Kier molecular flexibility index (Phi) is 10.8. The van der Waals surface area contributed by atoms with Crippen LogP contribution in [0, 0.1) is 0 Å². The number of rotatable bonds is 7. The molecular formula is C48H53N5O4. The van der Waals surface area contributed by atoms with Gasteiger partial charge in [0.25, 0.3) is 5.91 Å². The third kappa shape index (κ3) is 7.48. The first-order valence-corrected chi connectivity index (χ1v) is 20.6. The molecule has 3 atom stereocenters. The van der Waals surface area contributed by atoms with Crippen molar-refractivity contribution in [3.63, 3.8) is 0 Å². The van der Waals surface area contributed by atoms with Gasteiger partial charge in [-0.25, -0.2) is 0 Å². The van der Waals surface area contributed by atoms with Crippen LogP contribution in [0.3, 0.4) is 0 Å². The fourth-order valence-electron chi connectivity index (χ4n) is 9.70. The van der Waals surface area contributed by atoms with E-state index < -0.39 is 6.04 Å². The molecule has 1 unspecified atom stereocenters. The predicted molar refractivity (Wildman–Crippen MR) is 225 cm³/mol. The number of benzene rings is 4. The van der Waals surface area contributed by atoms with Gasteiger partial charge >= 0.3 is 0 Å². The van der Waals surface area contributed by atoms with Crippen molar-refractivity contribution >= 4 is 29.1 Å². The van der Waals surface area contributed by atoms with Gasteiger partial charge in [-0.1, -0.05) is 75.5 Å². The number of aryl methyl sites for hydroxylation is 1. The van der Waals surface area contributed by atoms with Gasteiger partial charge in [0.1, 0.15) is 11.8 Å². The number of aromatic hydroxyl groups is 1. The zero-order valence-electron chi connectivity index (χ0n) is 33.1. The lowest BCUT2D eigenvalue weighted by molar-refractivity contribution is -0.125. The summed E-state index contributed by atoms with van der Waals surface area (Å²) >= 11 is 0. The molecule has 9 rings (SSSR count). The average Bonchev–Trinajstić information content (AvgIpc) is 3.73. The normalized spacial score (nSPS) is 22.0. The van der Waals surface area contributed by atoms with Crippen LogP contribution >= 0.6 is 0 Å². The van der Waals surface area contributed by atoms with Crippen LogP contribution in [0.25, 0.3) is 5.70 Å². The number of amides is 3. The number of nitrogens with one attached hydrogen (secondary N) is 2. The maximum atomic E-state index is 13.5. The number of fused-ring (bicyclic) bond motifs is 3. The van der Waals surface area contributed by atoms with E-state index in [0.717, 1.165) is 55.5 Å². The van der Waals surface area contributed by atoms with E-state index in [4.69, 9.17) is 0 Å². The van der Waals surface area contributed by atoms with Crippen molar-refractivity contribution in [3.05, 3.63) is 148 Å². The number of phenols is 1. The highest BCUT2D eigenvalue weighted by Crippen LogP contribution is 2.47. The number of nitrogens with zero attached hydrogens (tertiary/aromatic N) is 3. The van der Waals surface area contributed by atoms with Crippen molar-refractivity contribution < 1.29 is 19.5 Å². The minimum absolute atomic E-state index is 0.0220. The Bertz CT molecular complexity index is 2160. The summed E-state index contributed by atoms with van der Waals surface area (Å²) in [6.07, 6.45) is 4.90. The monoisotopic (exact) mass is 763 g/mol. The molecule has 0 saturated carbocycles. The molecule has 4 aromatic rings. The minimum atomic E-state index is -0.587. The molecule has 2 fully saturated rings. The van der Waals surface area contributed by atoms with Crippen molar-refractivity contribution in [2.75, 3.05) is 24.5 Å². The molecule has 0 spiro atoms. The molecule has 4 aromatic carbocycles. The van der Waals surface area contributed by atoms with E-state index in [1.54, 1.807) is 4.90 Å². The molecule has 1 aliphatic carbocycles. The number of piperidine rings is 2. The molecule has 9 heteroatoms. The van der Waals surface area contributed by atoms with Gasteiger partial charge < -0.3 is 20.6 Å². The summed E-state index contributed by atoms with van der Waals surface area (Å²) in [5, 5.41) is 16.3. The topological polar surface area (TPSA) is 105 Å². The molecule has 3 amide bonds. The zero-order chi connectivity index (χ0) is 39.8. The Morgan fingerprint density at radius 3 is 2.21 bits per heavy atom. The number of allylic oxidation sites excluding steroid dienone is 1. The zero-order valence-corrected chi connectivity index (χ0v) is 33.1. The van der Waals surface area contributed by atoms with Crippen LogP contribution in [-0.2, 0) is 29.1 Å². The second kappa shape index (κ2) is 16.1. The van der Waals surface area contributed by atoms with Crippen LogP contribution < -0.4 is 15.5 Å². The number of carbonyl (C=O) groups excluding carboxylic acids is 3. The Morgan fingerprint density at radius 1 is 0.807 bits per heavy atom. The van der Waals surface area contributed by atoms with Gasteiger partial charge in [-0.3, -0.25) is 24.2 Å². The van der Waals surface area contributed by atoms with E-state index in [-0.39, 0.29) is 29.7 Å². The summed E-state index contributed by atoms with van der Waals surface area (Å²) in [6.45, 7) is 15.3. The van der Waals surface area contributed by atoms with E-state index in [0.29, 0.717) is 61.1 Å². The Balaban J connectivity index is 0.00000224. The molecule has 2 saturated heterocycles. The molecule has 4 aliphatic heterocycles. The smallest absolute Gasteiger partial charge is 0.259 e. The summed E-state index contributed by atoms with van der Waals surface area (Å²) in [5.74, 6) is 0.527. The number of hydrogen-bond acceptors (Lipinski definition) is 6. The van der Waals surface area contributed by atoms with Crippen LogP contribution in [0.2, 0.25) is 0 Å². The largest absolute Gasteiger partial charge is 0.508 e.